The van der Waals surface area contributed by atoms with E-state index in [0.29, 0.717) is 11.1 Å². The molecule has 0 atom stereocenters. The third-order valence-corrected chi connectivity index (χ3v) is 5.25. The number of imide groups is 1. The zero-order chi connectivity index (χ0) is 21.8. The summed E-state index contributed by atoms with van der Waals surface area (Å²) >= 11 is 0. The largest absolute Gasteiger partial charge is 0.288 e. The van der Waals surface area contributed by atoms with Gasteiger partial charge in [-0.15, -0.1) is 0 Å². The Morgan fingerprint density at radius 1 is 0.833 bits per heavy atom. The zero-order valence-electron chi connectivity index (χ0n) is 18.4. The van der Waals surface area contributed by atoms with Crippen LogP contribution in [0.5, 0.6) is 0 Å². The van der Waals surface area contributed by atoms with Gasteiger partial charge in [0.1, 0.15) is 0 Å². The normalized spacial score (nSPS) is 15.3. The molecule has 0 radical (unpaired) electrons. The van der Waals surface area contributed by atoms with E-state index in [1.165, 1.54) is 0 Å². The minimum absolute atomic E-state index is 0.217. The van der Waals surface area contributed by atoms with E-state index in [2.05, 4.69) is 25.2 Å². The Hall–Kier alpha value is -3.20. The molecule has 1 N–H and O–H groups in total. The summed E-state index contributed by atoms with van der Waals surface area (Å²) in [6.07, 6.45) is 4.88. The van der Waals surface area contributed by atoms with Gasteiger partial charge in [-0.05, 0) is 59.6 Å². The van der Waals surface area contributed by atoms with Crippen molar-refractivity contribution in [3.8, 4) is 0 Å². The Bertz CT molecular complexity index is 1080. The predicted octanol–water partition coefficient (Wildman–Crippen LogP) is 5.79. The number of aryl methyl sites for hydroxylation is 2. The van der Waals surface area contributed by atoms with Crippen molar-refractivity contribution in [3.05, 3.63) is 94.1 Å². The Kier molecular flexibility index (Phi) is 6.51. The average molecular weight is 400 g/mol. The van der Waals surface area contributed by atoms with E-state index in [1.54, 1.807) is 0 Å². The second-order valence-electron chi connectivity index (χ2n) is 8.01. The third kappa shape index (κ3) is 4.20. The smallest absolute Gasteiger partial charge is 0.259 e. The van der Waals surface area contributed by atoms with Crippen LogP contribution in [0.25, 0.3) is 11.1 Å². The molecule has 0 spiro atoms. The van der Waals surface area contributed by atoms with E-state index >= 15 is 0 Å². The lowest BCUT2D eigenvalue weighted by Crippen LogP contribution is -2.23. The SMILES string of the molecule is CC/C=C(C1=C(/C(=C/C(C)C)c2ccccc2C)C(=O)NC1=O)\c1ccccc1C. The molecular formula is C27H29NO2. The number of allylic oxidation sites excluding steroid dienone is 2. The van der Waals surface area contributed by atoms with Crippen LogP contribution >= 0.6 is 0 Å². The molecule has 0 fully saturated rings. The second kappa shape index (κ2) is 9.08. The first-order valence-corrected chi connectivity index (χ1v) is 10.5. The molecular weight excluding hydrogens is 370 g/mol. The number of amides is 2. The maximum atomic E-state index is 13.1. The van der Waals surface area contributed by atoms with Crippen LogP contribution < -0.4 is 5.32 Å². The van der Waals surface area contributed by atoms with Gasteiger partial charge in [0.05, 0.1) is 11.1 Å². The molecule has 0 aliphatic carbocycles. The summed E-state index contributed by atoms with van der Waals surface area (Å²) in [7, 11) is 0. The van der Waals surface area contributed by atoms with Crippen LogP contribution in [0.2, 0.25) is 0 Å². The summed E-state index contributed by atoms with van der Waals surface area (Å²) in [6.45, 7) is 10.3. The van der Waals surface area contributed by atoms with E-state index in [1.807, 2.05) is 75.4 Å². The van der Waals surface area contributed by atoms with Gasteiger partial charge in [-0.2, -0.15) is 0 Å². The van der Waals surface area contributed by atoms with Crippen molar-refractivity contribution >= 4 is 23.0 Å². The molecule has 2 aromatic rings. The molecule has 30 heavy (non-hydrogen) atoms. The van der Waals surface area contributed by atoms with Crippen molar-refractivity contribution in [2.24, 2.45) is 5.92 Å². The Morgan fingerprint density at radius 2 is 1.30 bits per heavy atom. The lowest BCUT2D eigenvalue weighted by molar-refractivity contribution is -0.123. The molecule has 2 amide bonds. The number of hydrogen-bond acceptors (Lipinski definition) is 2. The lowest BCUT2D eigenvalue weighted by atomic mass is 9.85. The van der Waals surface area contributed by atoms with Crippen LogP contribution in [0.1, 0.15) is 49.4 Å². The molecule has 0 bridgehead atoms. The highest BCUT2D eigenvalue weighted by molar-refractivity contribution is 6.32. The van der Waals surface area contributed by atoms with Crippen molar-refractivity contribution < 1.29 is 9.59 Å². The molecule has 0 unspecified atom stereocenters. The van der Waals surface area contributed by atoms with Crippen LogP contribution in [0, 0.1) is 19.8 Å². The van der Waals surface area contributed by atoms with Gasteiger partial charge in [0, 0.05) is 0 Å². The third-order valence-electron chi connectivity index (χ3n) is 5.25. The van der Waals surface area contributed by atoms with Gasteiger partial charge in [-0.3, -0.25) is 14.9 Å². The van der Waals surface area contributed by atoms with Gasteiger partial charge >= 0.3 is 0 Å². The van der Waals surface area contributed by atoms with Gasteiger partial charge in [0.25, 0.3) is 11.8 Å². The summed E-state index contributed by atoms with van der Waals surface area (Å²) in [5.74, 6) is -0.448. The fourth-order valence-corrected chi connectivity index (χ4v) is 3.91. The Morgan fingerprint density at radius 3 is 1.77 bits per heavy atom. The fraction of sp³-hybridized carbons (Fsp3) is 0.259. The first-order valence-electron chi connectivity index (χ1n) is 10.5. The molecule has 2 aromatic carbocycles. The van der Waals surface area contributed by atoms with Crippen LogP contribution in [0.3, 0.4) is 0 Å². The highest BCUT2D eigenvalue weighted by Gasteiger charge is 2.35. The van der Waals surface area contributed by atoms with Crippen molar-refractivity contribution in [3.63, 3.8) is 0 Å². The minimum Gasteiger partial charge on any atom is -0.288 e. The van der Waals surface area contributed by atoms with Gasteiger partial charge in [0.2, 0.25) is 0 Å². The predicted molar refractivity (Wildman–Crippen MR) is 124 cm³/mol. The molecule has 1 heterocycles. The number of benzene rings is 2. The van der Waals surface area contributed by atoms with Crippen LogP contribution in [0.15, 0.2) is 71.8 Å². The zero-order valence-corrected chi connectivity index (χ0v) is 18.4. The Balaban J connectivity index is 2.35. The summed E-state index contributed by atoms with van der Waals surface area (Å²) in [6, 6.07) is 16.0. The molecule has 154 valence electrons. The van der Waals surface area contributed by atoms with Gasteiger partial charge in [-0.1, -0.05) is 81.5 Å². The van der Waals surface area contributed by atoms with E-state index in [0.717, 1.165) is 39.8 Å². The topological polar surface area (TPSA) is 46.2 Å². The number of carbonyl (C=O) groups is 2. The van der Waals surface area contributed by atoms with Gasteiger partial charge in [-0.25, -0.2) is 0 Å². The van der Waals surface area contributed by atoms with Crippen molar-refractivity contribution in [2.75, 3.05) is 0 Å². The van der Waals surface area contributed by atoms with E-state index in [-0.39, 0.29) is 17.7 Å². The molecule has 0 aromatic heterocycles. The number of nitrogens with one attached hydrogen (secondary N) is 1. The average Bonchev–Trinajstić information content (AvgIpc) is 2.99. The molecule has 1 aliphatic heterocycles. The second-order valence-corrected chi connectivity index (χ2v) is 8.01. The molecule has 1 aliphatic rings. The highest BCUT2D eigenvalue weighted by Crippen LogP contribution is 2.38. The maximum Gasteiger partial charge on any atom is 0.259 e. The van der Waals surface area contributed by atoms with Crippen molar-refractivity contribution in [1.29, 1.82) is 0 Å². The fourth-order valence-electron chi connectivity index (χ4n) is 3.91. The van der Waals surface area contributed by atoms with E-state index < -0.39 is 0 Å². The summed E-state index contributed by atoms with van der Waals surface area (Å²) in [5.41, 5.74) is 6.66. The first-order chi connectivity index (χ1) is 14.3. The van der Waals surface area contributed by atoms with Crippen molar-refractivity contribution in [2.45, 2.75) is 41.0 Å². The lowest BCUT2D eigenvalue weighted by Gasteiger charge is -2.16. The van der Waals surface area contributed by atoms with Crippen molar-refractivity contribution in [1.82, 2.24) is 5.32 Å². The van der Waals surface area contributed by atoms with Gasteiger partial charge < -0.3 is 0 Å². The standard InChI is InChI=1S/C27H29NO2/c1-6-11-22(20-14-9-7-12-18(20)4)24-25(27(30)28-26(24)29)23(16-17(2)3)21-15-10-8-13-19(21)5/h7-17H,6H2,1-5H3,(H,28,29,30)/b22-11+,23-16+. The monoisotopic (exact) mass is 399 g/mol. The molecule has 0 saturated carbocycles. The number of rotatable bonds is 6. The summed E-state index contributed by atoms with van der Waals surface area (Å²) in [5, 5.41) is 2.55. The number of carbonyl (C=O) groups excluding carboxylic acids is 2. The van der Waals surface area contributed by atoms with E-state index in [9.17, 15) is 9.59 Å². The van der Waals surface area contributed by atoms with E-state index in [4.69, 9.17) is 0 Å². The Labute approximate surface area is 179 Å². The van der Waals surface area contributed by atoms with Crippen LogP contribution in [-0.2, 0) is 9.59 Å². The van der Waals surface area contributed by atoms with Gasteiger partial charge in [0.15, 0.2) is 0 Å². The highest BCUT2D eigenvalue weighted by atomic mass is 16.2. The summed E-state index contributed by atoms with van der Waals surface area (Å²) in [4.78, 5) is 26.1. The van der Waals surface area contributed by atoms with Crippen LogP contribution in [0.4, 0.5) is 0 Å². The molecule has 3 rings (SSSR count). The quantitative estimate of drug-likeness (QED) is 0.625. The molecule has 3 nitrogen and oxygen atoms in total. The number of hydrogen-bond donors (Lipinski definition) is 1. The molecule has 3 heteroatoms. The minimum atomic E-state index is -0.333. The first kappa shape index (κ1) is 21.5. The summed E-state index contributed by atoms with van der Waals surface area (Å²) < 4.78 is 0. The maximum absolute atomic E-state index is 13.1. The molecule has 0 saturated heterocycles. The van der Waals surface area contributed by atoms with Crippen LogP contribution in [-0.4, -0.2) is 11.8 Å².